The quantitative estimate of drug-likeness (QED) is 0.646. The van der Waals surface area contributed by atoms with Crippen LogP contribution in [0.5, 0.6) is 11.5 Å². The number of methoxy groups -OCH3 is 1. The van der Waals surface area contributed by atoms with Crippen molar-refractivity contribution in [1.82, 2.24) is 5.32 Å². The van der Waals surface area contributed by atoms with Crippen molar-refractivity contribution in [3.63, 3.8) is 0 Å². The van der Waals surface area contributed by atoms with Crippen LogP contribution in [0.15, 0.2) is 42.5 Å². The Morgan fingerprint density at radius 1 is 1.21 bits per heavy atom. The molecule has 0 aromatic heterocycles. The normalized spacial score (nSPS) is 12.2. The molecular formula is C20H25ClN2O5S. The number of hydrogen-bond acceptors (Lipinski definition) is 5. The maximum absolute atomic E-state index is 12.6. The van der Waals surface area contributed by atoms with E-state index in [1.807, 2.05) is 38.1 Å². The number of amides is 1. The maximum Gasteiger partial charge on any atom is 0.241 e. The minimum atomic E-state index is -3.76. The van der Waals surface area contributed by atoms with Crippen molar-refractivity contribution in [1.29, 1.82) is 0 Å². The highest BCUT2D eigenvalue weighted by Gasteiger charge is 2.25. The molecule has 1 N–H and O–H groups in total. The second-order valence-electron chi connectivity index (χ2n) is 6.38. The van der Waals surface area contributed by atoms with E-state index < -0.39 is 22.5 Å². The number of halogens is 1. The van der Waals surface area contributed by atoms with Crippen LogP contribution in [0.1, 0.15) is 25.5 Å². The summed E-state index contributed by atoms with van der Waals surface area (Å²) in [6.07, 6.45) is 1.02. The highest BCUT2D eigenvalue weighted by atomic mass is 35.5. The van der Waals surface area contributed by atoms with Crippen molar-refractivity contribution in [2.45, 2.75) is 19.9 Å². The van der Waals surface area contributed by atoms with Crippen molar-refractivity contribution in [2.24, 2.45) is 0 Å². The lowest BCUT2D eigenvalue weighted by Crippen LogP contribution is -2.41. The molecule has 0 aliphatic rings. The van der Waals surface area contributed by atoms with Crippen molar-refractivity contribution >= 4 is 33.2 Å². The number of hydrogen-bond donors (Lipinski definition) is 1. The average molecular weight is 441 g/mol. The lowest BCUT2D eigenvalue weighted by atomic mass is 10.1. The Kier molecular flexibility index (Phi) is 7.75. The van der Waals surface area contributed by atoms with Crippen LogP contribution in [-0.4, -0.2) is 40.8 Å². The Bertz CT molecular complexity index is 948. The number of anilines is 1. The number of ether oxygens (including phenoxy) is 2. The molecule has 7 nitrogen and oxygen atoms in total. The van der Waals surface area contributed by atoms with E-state index in [9.17, 15) is 13.2 Å². The fourth-order valence-corrected chi connectivity index (χ4v) is 3.78. The van der Waals surface area contributed by atoms with E-state index in [1.54, 1.807) is 12.1 Å². The zero-order chi connectivity index (χ0) is 21.6. The fraction of sp³-hybridized carbons (Fsp3) is 0.350. The lowest BCUT2D eigenvalue weighted by molar-refractivity contribution is -0.120. The van der Waals surface area contributed by atoms with Crippen LogP contribution in [-0.2, 0) is 14.8 Å². The molecule has 0 heterocycles. The van der Waals surface area contributed by atoms with Crippen LogP contribution in [0.2, 0.25) is 5.02 Å². The van der Waals surface area contributed by atoms with Crippen LogP contribution in [0.3, 0.4) is 0 Å². The summed E-state index contributed by atoms with van der Waals surface area (Å²) < 4.78 is 36.3. The van der Waals surface area contributed by atoms with Gasteiger partial charge in [-0.1, -0.05) is 23.7 Å². The van der Waals surface area contributed by atoms with E-state index in [0.29, 0.717) is 17.4 Å². The summed E-state index contributed by atoms with van der Waals surface area (Å²) in [6.45, 7) is 3.88. The number of sulfonamides is 1. The number of carbonyl (C=O) groups excluding carboxylic acids is 1. The summed E-state index contributed by atoms with van der Waals surface area (Å²) in [5, 5.41) is 3.14. The molecule has 29 heavy (non-hydrogen) atoms. The van der Waals surface area contributed by atoms with Gasteiger partial charge in [-0.15, -0.1) is 0 Å². The smallest absolute Gasteiger partial charge is 0.241 e. The molecule has 0 unspecified atom stereocenters. The zero-order valence-corrected chi connectivity index (χ0v) is 18.4. The van der Waals surface area contributed by atoms with Gasteiger partial charge in [-0.05, 0) is 49.7 Å². The zero-order valence-electron chi connectivity index (χ0n) is 16.8. The van der Waals surface area contributed by atoms with Gasteiger partial charge in [0.2, 0.25) is 15.9 Å². The van der Waals surface area contributed by atoms with Gasteiger partial charge >= 0.3 is 0 Å². The minimum absolute atomic E-state index is 0.200. The first-order valence-corrected chi connectivity index (χ1v) is 11.2. The Labute approximate surface area is 176 Å². The molecular weight excluding hydrogens is 416 g/mol. The molecule has 1 atom stereocenters. The third-order valence-electron chi connectivity index (χ3n) is 4.17. The van der Waals surface area contributed by atoms with E-state index in [4.69, 9.17) is 21.1 Å². The highest BCUT2D eigenvalue weighted by molar-refractivity contribution is 7.92. The van der Waals surface area contributed by atoms with E-state index in [2.05, 4.69) is 5.32 Å². The topological polar surface area (TPSA) is 84.9 Å². The van der Waals surface area contributed by atoms with Gasteiger partial charge in [0.05, 0.1) is 31.7 Å². The molecule has 9 heteroatoms. The fourth-order valence-electron chi connectivity index (χ4n) is 2.76. The molecule has 0 saturated carbocycles. The van der Waals surface area contributed by atoms with Gasteiger partial charge in [0.25, 0.3) is 0 Å². The second-order valence-corrected chi connectivity index (χ2v) is 8.72. The van der Waals surface area contributed by atoms with E-state index in [0.717, 1.165) is 21.9 Å². The van der Waals surface area contributed by atoms with Crippen LogP contribution >= 0.6 is 11.6 Å². The summed E-state index contributed by atoms with van der Waals surface area (Å²) in [7, 11) is -2.34. The van der Waals surface area contributed by atoms with Crippen molar-refractivity contribution in [3.8, 4) is 11.5 Å². The summed E-state index contributed by atoms with van der Waals surface area (Å²) in [4.78, 5) is 12.6. The Morgan fingerprint density at radius 3 is 2.41 bits per heavy atom. The first kappa shape index (κ1) is 22.8. The highest BCUT2D eigenvalue weighted by Crippen LogP contribution is 2.32. The van der Waals surface area contributed by atoms with Gasteiger partial charge in [0.1, 0.15) is 18.0 Å². The molecule has 0 fully saturated rings. The van der Waals surface area contributed by atoms with Crippen molar-refractivity contribution < 1.29 is 22.7 Å². The molecule has 2 rings (SSSR count). The van der Waals surface area contributed by atoms with Gasteiger partial charge < -0.3 is 14.8 Å². The SMILES string of the molecule is CCOc1ccc([C@@H](C)NC(=O)CN(c2cc(Cl)ccc2OC)S(C)(=O)=O)cc1. The minimum Gasteiger partial charge on any atom is -0.495 e. The van der Waals surface area contributed by atoms with Gasteiger partial charge in [0, 0.05) is 5.02 Å². The molecule has 2 aromatic carbocycles. The molecule has 1 amide bonds. The number of rotatable bonds is 9. The van der Waals surface area contributed by atoms with E-state index in [1.165, 1.54) is 13.2 Å². The van der Waals surface area contributed by atoms with Crippen molar-refractivity contribution in [3.05, 3.63) is 53.1 Å². The first-order chi connectivity index (χ1) is 13.7. The predicted molar refractivity (Wildman–Crippen MR) is 114 cm³/mol. The van der Waals surface area contributed by atoms with Gasteiger partial charge in [-0.2, -0.15) is 0 Å². The molecule has 0 saturated heterocycles. The Balaban J connectivity index is 2.18. The standard InChI is InChI=1S/C20H25ClN2O5S/c1-5-28-17-9-6-15(7-10-17)14(2)22-20(24)13-23(29(4,25)26)18-12-16(21)8-11-19(18)27-3/h6-12,14H,5,13H2,1-4H3,(H,22,24)/t14-/m1/s1. The third-order valence-corrected chi connectivity index (χ3v) is 5.53. The summed E-state index contributed by atoms with van der Waals surface area (Å²) in [5.74, 6) is 0.581. The molecule has 0 aliphatic carbocycles. The Hall–Kier alpha value is -2.45. The molecule has 158 valence electrons. The van der Waals surface area contributed by atoms with Crippen LogP contribution in [0.4, 0.5) is 5.69 Å². The summed E-state index contributed by atoms with van der Waals surface area (Å²) >= 11 is 6.02. The van der Waals surface area contributed by atoms with E-state index >= 15 is 0 Å². The van der Waals surface area contributed by atoms with Gasteiger partial charge in [-0.25, -0.2) is 8.42 Å². The Morgan fingerprint density at radius 2 is 1.86 bits per heavy atom. The van der Waals surface area contributed by atoms with Crippen molar-refractivity contribution in [2.75, 3.05) is 30.8 Å². The monoisotopic (exact) mass is 440 g/mol. The van der Waals surface area contributed by atoms with Gasteiger partial charge in [0.15, 0.2) is 0 Å². The maximum atomic E-state index is 12.6. The van der Waals surface area contributed by atoms with Crippen LogP contribution < -0.4 is 19.1 Å². The number of nitrogens with one attached hydrogen (secondary N) is 1. The largest absolute Gasteiger partial charge is 0.495 e. The molecule has 0 spiro atoms. The predicted octanol–water partition coefficient (Wildman–Crippen LogP) is 3.39. The van der Waals surface area contributed by atoms with Crippen LogP contribution in [0.25, 0.3) is 0 Å². The third kappa shape index (κ3) is 6.27. The number of nitrogens with zero attached hydrogens (tertiary/aromatic N) is 1. The number of carbonyl (C=O) groups is 1. The summed E-state index contributed by atoms with van der Waals surface area (Å²) in [6, 6.07) is 11.6. The average Bonchev–Trinajstić information content (AvgIpc) is 2.66. The van der Waals surface area contributed by atoms with Gasteiger partial charge in [-0.3, -0.25) is 9.10 Å². The number of benzene rings is 2. The van der Waals surface area contributed by atoms with E-state index in [-0.39, 0.29) is 11.7 Å². The second kappa shape index (κ2) is 9.84. The molecule has 0 aliphatic heterocycles. The molecule has 0 bridgehead atoms. The first-order valence-electron chi connectivity index (χ1n) is 8.99. The molecule has 2 aromatic rings. The summed E-state index contributed by atoms with van der Waals surface area (Å²) in [5.41, 5.74) is 1.07. The lowest BCUT2D eigenvalue weighted by Gasteiger charge is -2.25. The molecule has 0 radical (unpaired) electrons. The van der Waals surface area contributed by atoms with Crippen LogP contribution in [0, 0.1) is 0 Å².